The molecule has 0 saturated carbocycles. The summed E-state index contributed by atoms with van der Waals surface area (Å²) in [6.45, 7) is 0.279. The van der Waals surface area contributed by atoms with Gasteiger partial charge in [0.05, 0.1) is 17.3 Å². The van der Waals surface area contributed by atoms with Crippen molar-refractivity contribution in [1.29, 1.82) is 0 Å². The number of rotatable bonds is 7. The average Bonchev–Trinajstić information content (AvgIpc) is 2.79. The lowest BCUT2D eigenvalue weighted by Gasteiger charge is -2.12. The van der Waals surface area contributed by atoms with Crippen LogP contribution < -0.4 is 10.0 Å². The van der Waals surface area contributed by atoms with E-state index in [1.54, 1.807) is 24.4 Å². The monoisotopic (exact) mass is 454 g/mol. The van der Waals surface area contributed by atoms with Crippen molar-refractivity contribution in [2.45, 2.75) is 4.90 Å². The summed E-state index contributed by atoms with van der Waals surface area (Å²) in [5.41, 5.74) is 1.65. The first-order valence-corrected chi connectivity index (χ1v) is 11.3. The Morgan fingerprint density at radius 3 is 2.61 bits per heavy atom. The maximum absolute atomic E-state index is 12.8. The highest BCUT2D eigenvalue weighted by Gasteiger charge is 2.17. The van der Waals surface area contributed by atoms with Crippen molar-refractivity contribution in [3.63, 3.8) is 0 Å². The minimum atomic E-state index is -3.86. The normalized spacial score (nSPS) is 11.4. The molecule has 0 aliphatic heterocycles. The van der Waals surface area contributed by atoms with E-state index in [4.69, 9.17) is 16.7 Å². The second-order valence-corrected chi connectivity index (χ2v) is 8.80. The topological polar surface area (TPSA) is 104 Å². The van der Waals surface area contributed by atoms with Gasteiger partial charge in [0.15, 0.2) is 0 Å². The standard InChI is InChI=1S/C22H19ClN4O3S/c23-20-7-5-16(13-19(20)22-18-4-2-1-3-15(18)9-10-25-22)27-31(29,30)17-6-8-21(26-14-17)24-11-12-28/h1-10,13-14,27-28H,11-12H2,(H,24,26). The number of anilines is 2. The number of nitrogens with zero attached hydrogens (tertiary/aromatic N) is 2. The molecule has 2 heterocycles. The fourth-order valence-corrected chi connectivity index (χ4v) is 4.35. The molecule has 0 atom stereocenters. The van der Waals surface area contributed by atoms with E-state index < -0.39 is 10.0 Å². The first kappa shape index (κ1) is 21.0. The van der Waals surface area contributed by atoms with Gasteiger partial charge in [0, 0.05) is 35.6 Å². The van der Waals surface area contributed by atoms with Gasteiger partial charge in [-0.05, 0) is 41.8 Å². The van der Waals surface area contributed by atoms with Crippen molar-refractivity contribution in [2.24, 2.45) is 0 Å². The number of sulfonamides is 1. The number of nitrogens with one attached hydrogen (secondary N) is 2. The first-order valence-electron chi connectivity index (χ1n) is 9.45. The van der Waals surface area contributed by atoms with E-state index in [0.717, 1.165) is 10.8 Å². The van der Waals surface area contributed by atoms with Crippen molar-refractivity contribution in [2.75, 3.05) is 23.2 Å². The zero-order valence-corrected chi connectivity index (χ0v) is 17.9. The van der Waals surface area contributed by atoms with Gasteiger partial charge in [0.1, 0.15) is 10.7 Å². The van der Waals surface area contributed by atoms with Gasteiger partial charge in [0.2, 0.25) is 0 Å². The van der Waals surface area contributed by atoms with Crippen LogP contribution in [-0.4, -0.2) is 36.6 Å². The summed E-state index contributed by atoms with van der Waals surface area (Å²) in [6.07, 6.45) is 2.95. The molecule has 31 heavy (non-hydrogen) atoms. The molecule has 0 amide bonds. The molecule has 7 nitrogen and oxygen atoms in total. The van der Waals surface area contributed by atoms with Gasteiger partial charge in [-0.1, -0.05) is 35.9 Å². The Morgan fingerprint density at radius 2 is 1.84 bits per heavy atom. The molecule has 2 aromatic carbocycles. The Bertz CT molecular complexity index is 1320. The van der Waals surface area contributed by atoms with E-state index in [1.165, 1.54) is 18.3 Å². The van der Waals surface area contributed by atoms with Crippen LogP contribution in [0.1, 0.15) is 0 Å². The number of aliphatic hydroxyl groups excluding tert-OH is 1. The Balaban J connectivity index is 1.65. The first-order chi connectivity index (χ1) is 15.0. The second kappa shape index (κ2) is 8.89. The number of aromatic nitrogens is 2. The van der Waals surface area contributed by atoms with Crippen LogP contribution in [0.4, 0.5) is 11.5 Å². The van der Waals surface area contributed by atoms with E-state index in [1.807, 2.05) is 30.3 Å². The lowest BCUT2D eigenvalue weighted by atomic mass is 10.0. The van der Waals surface area contributed by atoms with Crippen LogP contribution in [0.5, 0.6) is 0 Å². The number of pyridine rings is 2. The van der Waals surface area contributed by atoms with Crippen molar-refractivity contribution in [3.05, 3.63) is 78.1 Å². The van der Waals surface area contributed by atoms with Gasteiger partial charge in [0.25, 0.3) is 10.0 Å². The van der Waals surface area contributed by atoms with Crippen LogP contribution in [0, 0.1) is 0 Å². The molecular formula is C22H19ClN4O3S. The van der Waals surface area contributed by atoms with Crippen molar-refractivity contribution < 1.29 is 13.5 Å². The maximum atomic E-state index is 12.8. The summed E-state index contributed by atoms with van der Waals surface area (Å²) < 4.78 is 28.2. The number of hydrogen-bond donors (Lipinski definition) is 3. The maximum Gasteiger partial charge on any atom is 0.263 e. The van der Waals surface area contributed by atoms with Gasteiger partial charge in [-0.3, -0.25) is 9.71 Å². The number of aliphatic hydroxyl groups is 1. The summed E-state index contributed by atoms with van der Waals surface area (Å²) in [5, 5.41) is 14.1. The smallest absolute Gasteiger partial charge is 0.263 e. The minimum Gasteiger partial charge on any atom is -0.395 e. The molecule has 0 saturated heterocycles. The third kappa shape index (κ3) is 4.61. The van der Waals surface area contributed by atoms with E-state index >= 15 is 0 Å². The van der Waals surface area contributed by atoms with Crippen LogP contribution in [0.2, 0.25) is 5.02 Å². The number of hydrogen-bond acceptors (Lipinski definition) is 6. The molecule has 0 bridgehead atoms. The highest BCUT2D eigenvalue weighted by molar-refractivity contribution is 7.92. The second-order valence-electron chi connectivity index (χ2n) is 6.71. The summed E-state index contributed by atoms with van der Waals surface area (Å²) >= 11 is 6.43. The molecule has 0 aliphatic rings. The predicted molar refractivity (Wildman–Crippen MR) is 123 cm³/mol. The Morgan fingerprint density at radius 1 is 1.00 bits per heavy atom. The third-order valence-corrected chi connectivity index (χ3v) is 6.31. The lowest BCUT2D eigenvalue weighted by Crippen LogP contribution is -2.14. The van der Waals surface area contributed by atoms with E-state index in [9.17, 15) is 8.42 Å². The lowest BCUT2D eigenvalue weighted by molar-refractivity contribution is 0.311. The van der Waals surface area contributed by atoms with Crippen molar-refractivity contribution >= 4 is 43.9 Å². The minimum absolute atomic E-state index is 0.0156. The van der Waals surface area contributed by atoms with Crippen molar-refractivity contribution in [3.8, 4) is 11.3 Å². The van der Waals surface area contributed by atoms with Gasteiger partial charge < -0.3 is 10.4 Å². The van der Waals surface area contributed by atoms with Gasteiger partial charge in [-0.15, -0.1) is 0 Å². The zero-order valence-electron chi connectivity index (χ0n) is 16.3. The molecule has 0 aliphatic carbocycles. The number of halogens is 1. The predicted octanol–water partition coefficient (Wildman–Crippen LogP) is 4.16. The molecule has 2 aromatic heterocycles. The van der Waals surface area contributed by atoms with Gasteiger partial charge in [-0.25, -0.2) is 13.4 Å². The Labute approximate surface area is 184 Å². The van der Waals surface area contributed by atoms with E-state index in [0.29, 0.717) is 34.3 Å². The quantitative estimate of drug-likeness (QED) is 0.387. The van der Waals surface area contributed by atoms with Crippen LogP contribution >= 0.6 is 11.6 Å². The molecule has 4 rings (SSSR count). The summed E-state index contributed by atoms with van der Waals surface area (Å²) in [4.78, 5) is 8.55. The molecule has 9 heteroatoms. The highest BCUT2D eigenvalue weighted by Crippen LogP contribution is 2.34. The Hall–Kier alpha value is -3.20. The third-order valence-electron chi connectivity index (χ3n) is 4.61. The molecule has 0 fully saturated rings. The fourth-order valence-electron chi connectivity index (χ4n) is 3.15. The van der Waals surface area contributed by atoms with Crippen molar-refractivity contribution in [1.82, 2.24) is 9.97 Å². The summed E-state index contributed by atoms with van der Waals surface area (Å²) in [7, 11) is -3.86. The number of fused-ring (bicyclic) bond motifs is 1. The van der Waals surface area contributed by atoms with E-state index in [2.05, 4.69) is 20.0 Å². The van der Waals surface area contributed by atoms with Gasteiger partial charge >= 0.3 is 0 Å². The molecule has 3 N–H and O–H groups in total. The van der Waals surface area contributed by atoms with Crippen LogP contribution in [0.15, 0.2) is 78.0 Å². The zero-order chi connectivity index (χ0) is 21.8. The van der Waals surface area contributed by atoms with Gasteiger partial charge in [-0.2, -0.15) is 0 Å². The SMILES string of the molecule is O=S(=O)(Nc1ccc(Cl)c(-c2nccc3ccccc23)c1)c1ccc(NCCO)nc1. The molecular weight excluding hydrogens is 436 g/mol. The van der Waals surface area contributed by atoms with Crippen LogP contribution in [0.25, 0.3) is 22.0 Å². The molecule has 4 aromatic rings. The van der Waals surface area contributed by atoms with Crippen LogP contribution in [-0.2, 0) is 10.0 Å². The largest absolute Gasteiger partial charge is 0.395 e. The highest BCUT2D eigenvalue weighted by atomic mass is 35.5. The van der Waals surface area contributed by atoms with E-state index in [-0.39, 0.29) is 11.5 Å². The summed E-state index contributed by atoms with van der Waals surface area (Å²) in [5.74, 6) is 0.476. The molecule has 158 valence electrons. The van der Waals surface area contributed by atoms with Crippen LogP contribution in [0.3, 0.4) is 0 Å². The Kier molecular flexibility index (Phi) is 6.03. The molecule has 0 spiro atoms. The fraction of sp³-hybridized carbons (Fsp3) is 0.0909. The summed E-state index contributed by atoms with van der Waals surface area (Å²) in [6, 6.07) is 17.6. The molecule has 0 radical (unpaired) electrons. The average molecular weight is 455 g/mol. The number of benzene rings is 2. The molecule has 0 unspecified atom stereocenters.